The summed E-state index contributed by atoms with van der Waals surface area (Å²) in [5.41, 5.74) is 3.46. The third-order valence-corrected chi connectivity index (χ3v) is 16.1. The van der Waals surface area contributed by atoms with Gasteiger partial charge in [-0.1, -0.05) is 71.4 Å². The van der Waals surface area contributed by atoms with E-state index in [1.54, 1.807) is 36.4 Å². The molecule has 0 amide bonds. The van der Waals surface area contributed by atoms with Gasteiger partial charge in [0.15, 0.2) is 18.1 Å². The summed E-state index contributed by atoms with van der Waals surface area (Å²) in [5.74, 6) is 0. The first-order chi connectivity index (χ1) is 16.3. The van der Waals surface area contributed by atoms with Crippen molar-refractivity contribution in [2.75, 3.05) is 0 Å². The van der Waals surface area contributed by atoms with Crippen molar-refractivity contribution in [3.63, 3.8) is 0 Å². The van der Waals surface area contributed by atoms with E-state index in [0.29, 0.717) is 27.8 Å². The van der Waals surface area contributed by atoms with E-state index in [2.05, 4.69) is 45.8 Å². The molecule has 0 bridgehead atoms. The van der Waals surface area contributed by atoms with Crippen LogP contribution in [0, 0.1) is 17.0 Å². The van der Waals surface area contributed by atoms with Crippen molar-refractivity contribution in [3.8, 4) is 0 Å². The zero-order valence-electron chi connectivity index (χ0n) is 21.6. The van der Waals surface area contributed by atoms with E-state index in [4.69, 9.17) is 0 Å². The fraction of sp³-hybridized carbons (Fsp3) is 0.407. The molecule has 1 unspecified atom stereocenters. The number of hydrogen-bond donors (Lipinski definition) is 0. The predicted molar refractivity (Wildman–Crippen MR) is 144 cm³/mol. The van der Waals surface area contributed by atoms with Gasteiger partial charge >= 0.3 is 0 Å². The molecule has 0 aliphatic carbocycles. The molecule has 188 valence electrons. The summed E-state index contributed by atoms with van der Waals surface area (Å²) in [4.78, 5) is 11.0. The van der Waals surface area contributed by atoms with Crippen LogP contribution in [0.5, 0.6) is 0 Å². The van der Waals surface area contributed by atoms with Gasteiger partial charge in [-0.3, -0.25) is 10.1 Å². The molecule has 0 aliphatic rings. The Morgan fingerprint density at radius 3 is 1.77 bits per heavy atom. The van der Waals surface area contributed by atoms with Crippen molar-refractivity contribution >= 4 is 23.8 Å². The first-order valence-electron chi connectivity index (χ1n) is 12.1. The van der Waals surface area contributed by atoms with E-state index < -0.39 is 28.2 Å². The lowest BCUT2D eigenvalue weighted by Gasteiger charge is -2.44. The van der Waals surface area contributed by atoms with Crippen LogP contribution in [0.2, 0.25) is 16.6 Å². The van der Waals surface area contributed by atoms with Crippen LogP contribution in [-0.4, -0.2) is 25.8 Å². The summed E-state index contributed by atoms with van der Waals surface area (Å²) in [5, 5.41) is 10.2. The van der Waals surface area contributed by atoms with Gasteiger partial charge in [0.1, 0.15) is 5.25 Å². The van der Waals surface area contributed by atoms with E-state index in [-0.39, 0.29) is 10.6 Å². The van der Waals surface area contributed by atoms with E-state index in [1.807, 2.05) is 25.4 Å². The Kier molecular flexibility index (Phi) is 7.76. The van der Waals surface area contributed by atoms with Crippen LogP contribution in [0.15, 0.2) is 71.9 Å². The highest BCUT2D eigenvalue weighted by Gasteiger charge is 2.45. The fourth-order valence-corrected chi connectivity index (χ4v) is 14.2. The summed E-state index contributed by atoms with van der Waals surface area (Å²) >= 11 is 0. The maximum atomic E-state index is 14.0. The highest BCUT2D eigenvalue weighted by Crippen LogP contribution is 2.44. The van der Waals surface area contributed by atoms with Gasteiger partial charge in [-0.25, -0.2) is 8.42 Å². The maximum absolute atomic E-state index is 14.0. The number of sulfone groups is 1. The average molecular weight is 513 g/mol. The minimum absolute atomic E-state index is 0.0661. The fourth-order valence-electron chi connectivity index (χ4n) is 5.89. The second kappa shape index (κ2) is 10.1. The molecule has 1 heterocycles. The number of aromatic nitrogens is 1. The zero-order chi connectivity index (χ0) is 26.1. The van der Waals surface area contributed by atoms with Crippen molar-refractivity contribution in [2.45, 2.75) is 75.2 Å². The molecule has 3 aromatic rings. The minimum Gasteiger partial charge on any atom is -0.379 e. The van der Waals surface area contributed by atoms with Gasteiger partial charge in [-0.05, 0) is 59.1 Å². The van der Waals surface area contributed by atoms with Crippen molar-refractivity contribution in [1.29, 1.82) is 0 Å². The predicted octanol–water partition coefficient (Wildman–Crippen LogP) is 7.29. The number of benzene rings is 2. The largest absolute Gasteiger partial charge is 0.379 e. The average Bonchev–Trinajstić information content (AvgIpc) is 3.23. The molecule has 0 spiro atoms. The van der Waals surface area contributed by atoms with Crippen LogP contribution in [0.3, 0.4) is 0 Å². The molecule has 0 saturated heterocycles. The summed E-state index contributed by atoms with van der Waals surface area (Å²) in [6, 6.07) is 14.6. The molecular formula is C27H36N2O4SSi. The first-order valence-corrected chi connectivity index (χ1v) is 15.8. The lowest BCUT2D eigenvalue weighted by molar-refractivity contribution is -0.384. The monoisotopic (exact) mass is 512 g/mol. The number of nitro groups is 1. The molecule has 3 rings (SSSR count). The number of nitrogens with zero attached hydrogens (tertiary/aromatic N) is 2. The molecule has 0 radical (unpaired) electrons. The van der Waals surface area contributed by atoms with Crippen LogP contribution < -0.4 is 0 Å². The lowest BCUT2D eigenvalue weighted by atomic mass is 10.1. The summed E-state index contributed by atoms with van der Waals surface area (Å²) in [6.07, 6.45) is 4.06. The normalized spacial score (nSPS) is 13.5. The standard InChI is InChI=1S/C27H36N2O4SSi/c1-19(2)35(20(3)4,21(5)6)28-17-16-24(18-28)27(23-10-12-25(13-11-23)29(30)31)34(32,33)26-14-8-22(7)9-15-26/h8-21,27H,1-7H3. The second-order valence-electron chi connectivity index (χ2n) is 10.3. The zero-order valence-corrected chi connectivity index (χ0v) is 23.4. The van der Waals surface area contributed by atoms with Gasteiger partial charge in [0.2, 0.25) is 0 Å². The quantitative estimate of drug-likeness (QED) is 0.171. The van der Waals surface area contributed by atoms with Gasteiger partial charge in [-0.2, -0.15) is 0 Å². The Balaban J connectivity index is 2.23. The summed E-state index contributed by atoms with van der Waals surface area (Å²) in [6.45, 7) is 15.5. The highest BCUT2D eigenvalue weighted by atomic mass is 32.2. The number of hydrogen-bond acceptors (Lipinski definition) is 4. The third kappa shape index (κ3) is 4.86. The minimum atomic E-state index is -3.82. The lowest BCUT2D eigenvalue weighted by Crippen LogP contribution is -2.51. The number of aryl methyl sites for hydroxylation is 1. The Bertz CT molecular complexity index is 1260. The summed E-state index contributed by atoms with van der Waals surface area (Å²) in [7, 11) is -5.88. The first kappa shape index (κ1) is 26.9. The molecule has 8 heteroatoms. The molecule has 6 nitrogen and oxygen atoms in total. The van der Waals surface area contributed by atoms with E-state index in [0.717, 1.165) is 5.56 Å². The number of non-ortho nitro benzene ring substituents is 1. The Morgan fingerprint density at radius 1 is 0.800 bits per heavy atom. The topological polar surface area (TPSA) is 82.2 Å². The van der Waals surface area contributed by atoms with Gasteiger partial charge in [0.05, 0.1) is 9.82 Å². The van der Waals surface area contributed by atoms with Gasteiger partial charge in [0.25, 0.3) is 5.69 Å². The molecular weight excluding hydrogens is 476 g/mol. The van der Waals surface area contributed by atoms with Gasteiger partial charge in [0, 0.05) is 18.3 Å². The Morgan fingerprint density at radius 2 is 1.31 bits per heavy atom. The number of nitro benzene ring substituents is 1. The Hall–Kier alpha value is -2.71. The molecule has 0 saturated carbocycles. The van der Waals surface area contributed by atoms with Crippen LogP contribution in [0.25, 0.3) is 0 Å². The van der Waals surface area contributed by atoms with E-state index in [1.165, 1.54) is 12.1 Å². The third-order valence-electron chi connectivity index (χ3n) is 7.31. The number of rotatable bonds is 9. The molecule has 2 aromatic carbocycles. The molecule has 1 aromatic heterocycles. The van der Waals surface area contributed by atoms with E-state index >= 15 is 0 Å². The summed E-state index contributed by atoms with van der Waals surface area (Å²) < 4.78 is 30.3. The van der Waals surface area contributed by atoms with Crippen molar-refractivity contribution in [3.05, 3.63) is 93.8 Å². The molecule has 0 N–H and O–H groups in total. The van der Waals surface area contributed by atoms with Gasteiger partial charge in [-0.15, -0.1) is 0 Å². The molecule has 0 aliphatic heterocycles. The van der Waals surface area contributed by atoms with Crippen LogP contribution in [0.4, 0.5) is 5.69 Å². The van der Waals surface area contributed by atoms with Crippen LogP contribution in [-0.2, 0) is 9.84 Å². The molecule has 0 fully saturated rings. The SMILES string of the molecule is Cc1ccc(S(=O)(=O)C(c2ccc([N+](=O)[O-])cc2)c2ccn([Si](C(C)C)(C(C)C)C(C)C)c2)cc1. The van der Waals surface area contributed by atoms with Crippen molar-refractivity contribution < 1.29 is 13.3 Å². The smallest absolute Gasteiger partial charge is 0.269 e. The van der Waals surface area contributed by atoms with Crippen LogP contribution in [0.1, 0.15) is 63.5 Å². The second-order valence-corrected chi connectivity index (χ2v) is 18.1. The van der Waals surface area contributed by atoms with Crippen molar-refractivity contribution in [1.82, 2.24) is 4.23 Å². The van der Waals surface area contributed by atoms with Crippen LogP contribution >= 0.6 is 0 Å². The Labute approximate surface area is 210 Å². The van der Waals surface area contributed by atoms with Crippen molar-refractivity contribution in [2.24, 2.45) is 0 Å². The molecule has 1 atom stereocenters. The maximum Gasteiger partial charge on any atom is 0.269 e. The van der Waals surface area contributed by atoms with E-state index in [9.17, 15) is 18.5 Å². The highest BCUT2D eigenvalue weighted by molar-refractivity contribution is 7.91. The van der Waals surface area contributed by atoms with Gasteiger partial charge < -0.3 is 4.23 Å². The molecule has 35 heavy (non-hydrogen) atoms.